The molecule has 37 heavy (non-hydrogen) atoms. The molecule has 0 aliphatic carbocycles. The summed E-state index contributed by atoms with van der Waals surface area (Å²) >= 11 is 0. The lowest BCUT2D eigenvalue weighted by atomic mass is 10.1. The molecule has 0 spiro atoms. The maximum atomic E-state index is 16.0. The molecule has 1 saturated heterocycles. The molecule has 1 heterocycles. The number of nitrogens with zero attached hydrogens (tertiary/aromatic N) is 1. The Morgan fingerprint density at radius 3 is 2.43 bits per heavy atom. The standard InChI is InChI=1S/C26H30FN2O6PS/c1-3-36(31,4-2)14-8-13-34-21-12-11-20-15-23(35-18-19-9-6-5-7-10-19)26(25(27)22(20)16-21)29-17-24(30)28-37(29,32)33/h5-7,9-12,15-16H,3-4,8,13-14,17-18H2,1-2H3,(H,28,30). The molecule has 0 saturated carbocycles. The quantitative estimate of drug-likeness (QED) is 0.270. The highest BCUT2D eigenvalue weighted by molar-refractivity contribution is 7.92. The van der Waals surface area contributed by atoms with Crippen molar-refractivity contribution >= 4 is 39.7 Å². The lowest BCUT2D eigenvalue weighted by Gasteiger charge is -2.21. The largest absolute Gasteiger partial charge is 0.494 e. The molecule has 0 unspecified atom stereocenters. The van der Waals surface area contributed by atoms with Gasteiger partial charge in [-0.25, -0.2) is 13.4 Å². The van der Waals surface area contributed by atoms with Crippen LogP contribution in [0.4, 0.5) is 10.1 Å². The summed E-state index contributed by atoms with van der Waals surface area (Å²) in [7, 11) is -6.45. The van der Waals surface area contributed by atoms with Crippen LogP contribution in [0.2, 0.25) is 0 Å². The fraction of sp³-hybridized carbons (Fsp3) is 0.346. The average molecular weight is 549 g/mol. The number of halogens is 1. The van der Waals surface area contributed by atoms with E-state index in [2.05, 4.69) is 0 Å². The Morgan fingerprint density at radius 2 is 1.78 bits per heavy atom. The van der Waals surface area contributed by atoms with Gasteiger partial charge in [0, 0.05) is 11.5 Å². The summed E-state index contributed by atoms with van der Waals surface area (Å²) in [6.45, 7) is 3.69. The Hall–Kier alpha value is -3.10. The molecule has 0 radical (unpaired) electrons. The van der Waals surface area contributed by atoms with Crippen molar-refractivity contribution < 1.29 is 31.6 Å². The Morgan fingerprint density at radius 1 is 1.05 bits per heavy atom. The van der Waals surface area contributed by atoms with E-state index in [-0.39, 0.29) is 23.4 Å². The number of benzene rings is 3. The molecule has 1 amide bonds. The van der Waals surface area contributed by atoms with Crippen LogP contribution < -0.4 is 18.5 Å². The third-order valence-electron chi connectivity index (χ3n) is 6.43. The van der Waals surface area contributed by atoms with Gasteiger partial charge in [-0.05, 0) is 47.9 Å². The van der Waals surface area contributed by atoms with Crippen LogP contribution in [0.25, 0.3) is 10.8 Å². The Kier molecular flexibility index (Phi) is 8.09. The molecule has 1 aliphatic rings. The SMILES string of the molecule is CCP(=O)(CC)CCCOc1ccc2cc(OCc3ccccc3)c(N3CC(=O)NS3(=O)=O)c(F)c2c1. The highest BCUT2D eigenvalue weighted by atomic mass is 32.2. The van der Waals surface area contributed by atoms with Gasteiger partial charge in [-0.2, -0.15) is 8.42 Å². The predicted molar refractivity (Wildman–Crippen MR) is 143 cm³/mol. The number of rotatable bonds is 11. The molecule has 3 aromatic carbocycles. The van der Waals surface area contributed by atoms with Gasteiger partial charge in [-0.15, -0.1) is 0 Å². The minimum Gasteiger partial charge on any atom is -0.494 e. The normalized spacial score (nSPS) is 15.1. The van der Waals surface area contributed by atoms with Gasteiger partial charge in [0.15, 0.2) is 5.82 Å². The van der Waals surface area contributed by atoms with E-state index in [0.29, 0.717) is 47.0 Å². The first-order chi connectivity index (χ1) is 17.7. The monoisotopic (exact) mass is 548 g/mol. The second-order valence-corrected chi connectivity index (χ2v) is 14.3. The van der Waals surface area contributed by atoms with Gasteiger partial charge in [-0.3, -0.25) is 4.79 Å². The van der Waals surface area contributed by atoms with Crippen LogP contribution in [-0.4, -0.2) is 46.0 Å². The van der Waals surface area contributed by atoms with E-state index >= 15 is 4.39 Å². The number of hydrogen-bond donors (Lipinski definition) is 1. The Labute approximate surface area is 216 Å². The molecular weight excluding hydrogens is 518 g/mol. The van der Waals surface area contributed by atoms with Crippen molar-refractivity contribution in [2.24, 2.45) is 0 Å². The van der Waals surface area contributed by atoms with Crippen LogP contribution in [0.15, 0.2) is 54.6 Å². The molecule has 1 aliphatic heterocycles. The number of anilines is 1. The number of amides is 1. The van der Waals surface area contributed by atoms with Crippen molar-refractivity contribution in [1.29, 1.82) is 0 Å². The Bertz CT molecular complexity index is 1440. The zero-order chi connectivity index (χ0) is 26.6. The molecular formula is C26H30FN2O6PS. The van der Waals surface area contributed by atoms with Crippen molar-refractivity contribution in [2.45, 2.75) is 26.9 Å². The van der Waals surface area contributed by atoms with Gasteiger partial charge in [0.2, 0.25) is 0 Å². The molecule has 8 nitrogen and oxygen atoms in total. The van der Waals surface area contributed by atoms with Crippen LogP contribution in [0, 0.1) is 5.82 Å². The average Bonchev–Trinajstić information content (AvgIpc) is 3.17. The summed E-state index contributed by atoms with van der Waals surface area (Å²) < 4.78 is 68.0. The first-order valence-corrected chi connectivity index (χ1v) is 15.8. The first-order valence-electron chi connectivity index (χ1n) is 12.1. The maximum absolute atomic E-state index is 16.0. The molecule has 0 atom stereocenters. The van der Waals surface area contributed by atoms with E-state index in [0.717, 1.165) is 5.56 Å². The number of carbonyl (C=O) groups is 1. The smallest absolute Gasteiger partial charge is 0.326 e. The fourth-order valence-corrected chi connectivity index (χ4v) is 7.14. The highest BCUT2D eigenvalue weighted by Crippen LogP contribution is 2.45. The summed E-state index contributed by atoms with van der Waals surface area (Å²) in [6.07, 6.45) is 2.50. The molecule has 198 valence electrons. The minimum absolute atomic E-state index is 0.00233. The topological polar surface area (TPSA) is 102 Å². The third-order valence-corrected chi connectivity index (χ3v) is 11.2. The minimum atomic E-state index is -4.28. The predicted octanol–water partition coefficient (Wildman–Crippen LogP) is 4.91. The summed E-state index contributed by atoms with van der Waals surface area (Å²) in [4.78, 5) is 11.9. The molecule has 11 heteroatoms. The first kappa shape index (κ1) is 26.9. The van der Waals surface area contributed by atoms with E-state index in [9.17, 15) is 17.8 Å². The summed E-state index contributed by atoms with van der Waals surface area (Å²) in [5, 5.41) is 0.607. The van der Waals surface area contributed by atoms with Gasteiger partial charge in [0.05, 0.1) is 13.7 Å². The molecule has 1 fully saturated rings. The van der Waals surface area contributed by atoms with Crippen molar-refractivity contribution in [2.75, 3.05) is 35.9 Å². The van der Waals surface area contributed by atoms with Gasteiger partial charge < -0.3 is 14.0 Å². The number of nitrogens with one attached hydrogen (secondary N) is 1. The van der Waals surface area contributed by atoms with E-state index in [1.54, 1.807) is 18.2 Å². The second-order valence-electron chi connectivity index (χ2n) is 8.85. The van der Waals surface area contributed by atoms with Gasteiger partial charge >= 0.3 is 10.2 Å². The van der Waals surface area contributed by atoms with E-state index in [1.807, 2.05) is 48.9 Å². The highest BCUT2D eigenvalue weighted by Gasteiger charge is 2.38. The van der Waals surface area contributed by atoms with Crippen LogP contribution >= 0.6 is 7.14 Å². The third kappa shape index (κ3) is 6.08. The van der Waals surface area contributed by atoms with E-state index < -0.39 is 35.6 Å². The fourth-order valence-electron chi connectivity index (χ4n) is 4.19. The molecule has 3 aromatic rings. The van der Waals surface area contributed by atoms with E-state index in [4.69, 9.17) is 9.47 Å². The maximum Gasteiger partial charge on any atom is 0.326 e. The number of ether oxygens (including phenoxy) is 2. The molecule has 4 rings (SSSR count). The zero-order valence-corrected chi connectivity index (χ0v) is 22.5. The van der Waals surface area contributed by atoms with Crippen LogP contribution in [-0.2, 0) is 26.2 Å². The molecule has 1 N–H and O–H groups in total. The van der Waals surface area contributed by atoms with Gasteiger partial charge in [0.1, 0.15) is 30.3 Å². The lowest BCUT2D eigenvalue weighted by Crippen LogP contribution is -2.30. The zero-order valence-electron chi connectivity index (χ0n) is 20.8. The van der Waals surface area contributed by atoms with Gasteiger partial charge in [0.25, 0.3) is 5.91 Å². The number of hydrogen-bond acceptors (Lipinski definition) is 6. The summed E-state index contributed by atoms with van der Waals surface area (Å²) in [6, 6.07) is 15.6. The van der Waals surface area contributed by atoms with E-state index in [1.165, 1.54) is 6.07 Å². The molecule has 0 aromatic heterocycles. The molecule has 0 bridgehead atoms. The van der Waals surface area contributed by atoms with Crippen molar-refractivity contribution in [3.63, 3.8) is 0 Å². The van der Waals surface area contributed by atoms with Crippen LogP contribution in [0.3, 0.4) is 0 Å². The van der Waals surface area contributed by atoms with Crippen molar-refractivity contribution in [3.8, 4) is 11.5 Å². The van der Waals surface area contributed by atoms with Crippen LogP contribution in [0.1, 0.15) is 25.8 Å². The van der Waals surface area contributed by atoms with Crippen molar-refractivity contribution in [1.82, 2.24) is 4.72 Å². The summed E-state index contributed by atoms with van der Waals surface area (Å²) in [5.74, 6) is -1.20. The number of fused-ring (bicyclic) bond motifs is 1. The van der Waals surface area contributed by atoms with Crippen LogP contribution in [0.5, 0.6) is 11.5 Å². The summed E-state index contributed by atoms with van der Waals surface area (Å²) in [5.41, 5.74) is 0.470. The Balaban J connectivity index is 1.65. The van der Waals surface area contributed by atoms with Crippen molar-refractivity contribution in [3.05, 3.63) is 66.0 Å². The second kappa shape index (κ2) is 11.1. The number of carbonyl (C=O) groups excluding carboxylic acids is 1. The van der Waals surface area contributed by atoms with Gasteiger partial charge in [-0.1, -0.05) is 50.2 Å². The lowest BCUT2D eigenvalue weighted by molar-refractivity contribution is -0.117.